The Labute approximate surface area is 122 Å². The third kappa shape index (κ3) is 3.07. The lowest BCUT2D eigenvalue weighted by Gasteiger charge is -2.35. The van der Waals surface area contributed by atoms with Gasteiger partial charge >= 0.3 is 0 Å². The molecule has 3 atom stereocenters. The molecule has 0 aromatic heterocycles. The van der Waals surface area contributed by atoms with Gasteiger partial charge in [0.1, 0.15) is 0 Å². The molecule has 1 aromatic rings. The predicted octanol–water partition coefficient (Wildman–Crippen LogP) is 3.20. The molecule has 1 aliphatic heterocycles. The SMILES string of the molecule is CCCNC(C1CCOC1)C1CCc2ccccc2C1. The first kappa shape index (κ1) is 14.1. The van der Waals surface area contributed by atoms with E-state index in [1.165, 1.54) is 32.1 Å². The molecule has 1 aromatic carbocycles. The maximum absolute atomic E-state index is 5.64. The lowest BCUT2D eigenvalue weighted by molar-refractivity contribution is 0.160. The number of fused-ring (bicyclic) bond motifs is 1. The van der Waals surface area contributed by atoms with Gasteiger partial charge in [0.25, 0.3) is 0 Å². The van der Waals surface area contributed by atoms with Gasteiger partial charge in [0.15, 0.2) is 0 Å². The molecule has 1 heterocycles. The molecule has 0 saturated carbocycles. The van der Waals surface area contributed by atoms with E-state index < -0.39 is 0 Å². The van der Waals surface area contributed by atoms with E-state index in [9.17, 15) is 0 Å². The molecule has 2 nitrogen and oxygen atoms in total. The van der Waals surface area contributed by atoms with E-state index in [2.05, 4.69) is 36.5 Å². The fourth-order valence-corrected chi connectivity index (χ4v) is 3.90. The van der Waals surface area contributed by atoms with E-state index in [-0.39, 0.29) is 0 Å². The smallest absolute Gasteiger partial charge is 0.0510 e. The van der Waals surface area contributed by atoms with Crippen LogP contribution in [0.5, 0.6) is 0 Å². The summed E-state index contributed by atoms with van der Waals surface area (Å²) in [5.41, 5.74) is 3.15. The monoisotopic (exact) mass is 273 g/mol. The zero-order chi connectivity index (χ0) is 13.8. The van der Waals surface area contributed by atoms with Crippen LogP contribution in [0.3, 0.4) is 0 Å². The van der Waals surface area contributed by atoms with Crippen LogP contribution in [0.1, 0.15) is 37.3 Å². The number of nitrogens with one attached hydrogen (secondary N) is 1. The number of aryl methyl sites for hydroxylation is 1. The summed E-state index contributed by atoms with van der Waals surface area (Å²) in [4.78, 5) is 0. The van der Waals surface area contributed by atoms with Gasteiger partial charge in [0.05, 0.1) is 6.61 Å². The Morgan fingerprint density at radius 2 is 2.05 bits per heavy atom. The van der Waals surface area contributed by atoms with Crippen molar-refractivity contribution in [2.24, 2.45) is 11.8 Å². The number of ether oxygens (including phenoxy) is 1. The topological polar surface area (TPSA) is 21.3 Å². The van der Waals surface area contributed by atoms with Gasteiger partial charge in [-0.1, -0.05) is 31.2 Å². The normalized spacial score (nSPS) is 27.2. The highest BCUT2D eigenvalue weighted by Crippen LogP contribution is 2.32. The van der Waals surface area contributed by atoms with Crippen molar-refractivity contribution in [2.75, 3.05) is 19.8 Å². The molecule has 1 aliphatic carbocycles. The highest BCUT2D eigenvalue weighted by atomic mass is 16.5. The van der Waals surface area contributed by atoms with E-state index in [0.717, 1.165) is 31.6 Å². The maximum atomic E-state index is 5.64. The second-order valence-corrected chi connectivity index (χ2v) is 6.38. The molecule has 3 unspecified atom stereocenters. The predicted molar refractivity (Wildman–Crippen MR) is 83.0 cm³/mol. The first-order valence-electron chi connectivity index (χ1n) is 8.26. The summed E-state index contributed by atoms with van der Waals surface area (Å²) < 4.78 is 5.64. The fraction of sp³-hybridized carbons (Fsp3) is 0.667. The Balaban J connectivity index is 1.71. The number of hydrogen-bond acceptors (Lipinski definition) is 2. The van der Waals surface area contributed by atoms with Crippen molar-refractivity contribution in [1.82, 2.24) is 5.32 Å². The lowest BCUT2D eigenvalue weighted by atomic mass is 9.76. The summed E-state index contributed by atoms with van der Waals surface area (Å²) in [7, 11) is 0. The van der Waals surface area contributed by atoms with Gasteiger partial charge in [-0.3, -0.25) is 0 Å². The van der Waals surface area contributed by atoms with Crippen molar-refractivity contribution in [2.45, 2.75) is 45.1 Å². The Kier molecular flexibility index (Phi) is 4.74. The molecule has 0 radical (unpaired) electrons. The lowest BCUT2D eigenvalue weighted by Crippen LogP contribution is -2.45. The van der Waals surface area contributed by atoms with Crippen molar-refractivity contribution in [3.63, 3.8) is 0 Å². The summed E-state index contributed by atoms with van der Waals surface area (Å²) >= 11 is 0. The first-order chi connectivity index (χ1) is 9.88. The molecule has 2 aliphatic rings. The molecule has 0 amide bonds. The van der Waals surface area contributed by atoms with Crippen LogP contribution in [0.2, 0.25) is 0 Å². The zero-order valence-corrected chi connectivity index (χ0v) is 12.6. The van der Waals surface area contributed by atoms with Crippen LogP contribution >= 0.6 is 0 Å². The third-order valence-electron chi connectivity index (χ3n) is 5.00. The fourth-order valence-electron chi connectivity index (χ4n) is 3.90. The van der Waals surface area contributed by atoms with Gasteiger partial charge < -0.3 is 10.1 Å². The summed E-state index contributed by atoms with van der Waals surface area (Å²) in [6, 6.07) is 9.64. The minimum absolute atomic E-state index is 0.644. The molecule has 1 saturated heterocycles. The van der Waals surface area contributed by atoms with E-state index in [1.807, 2.05) is 0 Å². The largest absolute Gasteiger partial charge is 0.381 e. The molecule has 3 rings (SSSR count). The van der Waals surface area contributed by atoms with Crippen molar-refractivity contribution >= 4 is 0 Å². The van der Waals surface area contributed by atoms with Crippen LogP contribution in [0.25, 0.3) is 0 Å². The molecule has 0 spiro atoms. The Morgan fingerprint density at radius 1 is 1.20 bits per heavy atom. The van der Waals surface area contributed by atoms with Crippen LogP contribution in [0.15, 0.2) is 24.3 Å². The number of benzene rings is 1. The average Bonchev–Trinajstić information content (AvgIpc) is 3.02. The average molecular weight is 273 g/mol. The first-order valence-corrected chi connectivity index (χ1v) is 8.26. The van der Waals surface area contributed by atoms with Crippen molar-refractivity contribution in [3.8, 4) is 0 Å². The van der Waals surface area contributed by atoms with E-state index in [0.29, 0.717) is 6.04 Å². The summed E-state index contributed by atoms with van der Waals surface area (Å²) in [5.74, 6) is 1.50. The summed E-state index contributed by atoms with van der Waals surface area (Å²) in [6.45, 7) is 5.31. The summed E-state index contributed by atoms with van der Waals surface area (Å²) in [5, 5.41) is 3.83. The quantitative estimate of drug-likeness (QED) is 0.889. The molecular weight excluding hydrogens is 246 g/mol. The second-order valence-electron chi connectivity index (χ2n) is 6.38. The molecule has 0 bridgehead atoms. The Hall–Kier alpha value is -0.860. The Bertz CT molecular complexity index is 425. The van der Waals surface area contributed by atoms with Gasteiger partial charge in [-0.2, -0.15) is 0 Å². The van der Waals surface area contributed by atoms with Crippen LogP contribution in [0, 0.1) is 11.8 Å². The summed E-state index contributed by atoms with van der Waals surface area (Å²) in [6.07, 6.45) is 6.27. The number of hydrogen-bond donors (Lipinski definition) is 1. The minimum Gasteiger partial charge on any atom is -0.381 e. The number of rotatable bonds is 5. The molecule has 110 valence electrons. The minimum atomic E-state index is 0.644. The Morgan fingerprint density at radius 3 is 2.80 bits per heavy atom. The molecular formula is C18H27NO. The van der Waals surface area contributed by atoms with Gasteiger partial charge in [0.2, 0.25) is 0 Å². The van der Waals surface area contributed by atoms with E-state index >= 15 is 0 Å². The zero-order valence-electron chi connectivity index (χ0n) is 12.6. The second kappa shape index (κ2) is 6.73. The van der Waals surface area contributed by atoms with Crippen molar-refractivity contribution < 1.29 is 4.74 Å². The molecule has 1 N–H and O–H groups in total. The van der Waals surface area contributed by atoms with Crippen LogP contribution < -0.4 is 5.32 Å². The van der Waals surface area contributed by atoms with Crippen molar-refractivity contribution in [1.29, 1.82) is 0 Å². The van der Waals surface area contributed by atoms with Crippen LogP contribution in [-0.4, -0.2) is 25.8 Å². The van der Waals surface area contributed by atoms with E-state index in [1.54, 1.807) is 11.1 Å². The van der Waals surface area contributed by atoms with E-state index in [4.69, 9.17) is 4.74 Å². The third-order valence-corrected chi connectivity index (χ3v) is 5.00. The standard InChI is InChI=1S/C18H27NO/c1-2-10-19-18(17-9-11-20-13-17)16-8-7-14-5-3-4-6-15(14)12-16/h3-6,16-19H,2,7-13H2,1H3. The van der Waals surface area contributed by atoms with Crippen LogP contribution in [0.4, 0.5) is 0 Å². The highest BCUT2D eigenvalue weighted by Gasteiger charge is 2.33. The van der Waals surface area contributed by atoms with Gasteiger partial charge in [-0.15, -0.1) is 0 Å². The van der Waals surface area contributed by atoms with Crippen LogP contribution in [-0.2, 0) is 17.6 Å². The molecule has 20 heavy (non-hydrogen) atoms. The highest BCUT2D eigenvalue weighted by molar-refractivity contribution is 5.30. The maximum Gasteiger partial charge on any atom is 0.0510 e. The molecule has 1 fully saturated rings. The van der Waals surface area contributed by atoms with Crippen molar-refractivity contribution in [3.05, 3.63) is 35.4 Å². The van der Waals surface area contributed by atoms with Gasteiger partial charge in [-0.25, -0.2) is 0 Å². The van der Waals surface area contributed by atoms with Gasteiger partial charge in [-0.05, 0) is 55.7 Å². The van der Waals surface area contributed by atoms with Gasteiger partial charge in [0, 0.05) is 18.6 Å². The molecule has 2 heteroatoms.